The fraction of sp³-hybridized carbons (Fsp3) is 0.421. The topological polar surface area (TPSA) is 51.0 Å². The molecule has 0 N–H and O–H groups in total. The summed E-state index contributed by atoms with van der Waals surface area (Å²) in [5.41, 5.74) is 0.768. The Bertz CT molecular complexity index is 747. The van der Waals surface area contributed by atoms with Crippen molar-refractivity contribution in [3.63, 3.8) is 0 Å². The molecule has 0 fully saturated rings. The van der Waals surface area contributed by atoms with Crippen LogP contribution in [0.4, 0.5) is 4.39 Å². The van der Waals surface area contributed by atoms with Crippen molar-refractivity contribution < 1.29 is 9.18 Å². The number of hydrogen-bond acceptors (Lipinski definition) is 4. The summed E-state index contributed by atoms with van der Waals surface area (Å²) in [5, 5.41) is 9.09. The van der Waals surface area contributed by atoms with Gasteiger partial charge in [0.25, 0.3) is 0 Å². The van der Waals surface area contributed by atoms with Crippen LogP contribution in [0.3, 0.4) is 0 Å². The van der Waals surface area contributed by atoms with Crippen molar-refractivity contribution in [2.24, 2.45) is 0 Å². The number of carbonyl (C=O) groups is 1. The number of benzene rings is 1. The largest absolute Gasteiger partial charge is 0.337 e. The Balaban J connectivity index is 2.21. The normalized spacial score (nSPS) is 11.2. The van der Waals surface area contributed by atoms with Crippen molar-refractivity contribution >= 4 is 17.7 Å². The van der Waals surface area contributed by atoms with Gasteiger partial charge in [0.1, 0.15) is 5.82 Å². The maximum atomic E-state index is 13.2. The zero-order valence-corrected chi connectivity index (χ0v) is 16.5. The van der Waals surface area contributed by atoms with E-state index in [4.69, 9.17) is 0 Å². The molecule has 0 atom stereocenters. The summed E-state index contributed by atoms with van der Waals surface area (Å²) in [5.74, 6) is 0.682. The highest BCUT2D eigenvalue weighted by molar-refractivity contribution is 7.99. The Hall–Kier alpha value is -2.15. The van der Waals surface area contributed by atoms with Crippen LogP contribution in [-0.2, 0) is 11.3 Å². The van der Waals surface area contributed by atoms with Gasteiger partial charge in [0.15, 0.2) is 11.0 Å². The summed E-state index contributed by atoms with van der Waals surface area (Å²) in [6.45, 7) is 12.3. The molecule has 0 spiro atoms. The number of rotatable bonds is 8. The molecule has 7 heteroatoms. The molecule has 1 aromatic carbocycles. The average Bonchev–Trinajstić information content (AvgIpc) is 2.96. The Morgan fingerprint density at radius 2 is 1.85 bits per heavy atom. The van der Waals surface area contributed by atoms with Gasteiger partial charge in [0, 0.05) is 24.2 Å². The predicted octanol–water partition coefficient (Wildman–Crippen LogP) is 4.01. The molecule has 26 heavy (non-hydrogen) atoms. The number of nitrogens with zero attached hydrogens (tertiary/aromatic N) is 4. The van der Waals surface area contributed by atoms with E-state index in [1.807, 2.05) is 37.2 Å². The maximum absolute atomic E-state index is 13.2. The third kappa shape index (κ3) is 4.72. The molecule has 2 rings (SSSR count). The van der Waals surface area contributed by atoms with E-state index in [-0.39, 0.29) is 29.6 Å². The van der Waals surface area contributed by atoms with Crippen LogP contribution in [0, 0.1) is 5.82 Å². The van der Waals surface area contributed by atoms with Crippen molar-refractivity contribution in [3.05, 3.63) is 42.7 Å². The van der Waals surface area contributed by atoms with E-state index in [1.165, 1.54) is 23.9 Å². The second kappa shape index (κ2) is 8.98. The fourth-order valence-corrected chi connectivity index (χ4v) is 3.69. The van der Waals surface area contributed by atoms with E-state index in [0.717, 1.165) is 5.56 Å². The first kappa shape index (κ1) is 20.2. The molecule has 0 aliphatic carbocycles. The minimum Gasteiger partial charge on any atom is -0.337 e. The minimum atomic E-state index is -0.300. The fourth-order valence-electron chi connectivity index (χ4n) is 2.87. The standard InChI is InChI=1S/C19H25FN4OS/c1-6-11-23-18(15-7-9-16(20)10-8-15)21-22-19(23)26-12-17(25)24(13(2)3)14(4)5/h6-10,13-14H,1,11-12H2,2-5H3. The molecule has 0 bridgehead atoms. The highest BCUT2D eigenvalue weighted by atomic mass is 32.2. The van der Waals surface area contributed by atoms with Gasteiger partial charge in [0.2, 0.25) is 5.91 Å². The average molecular weight is 377 g/mol. The maximum Gasteiger partial charge on any atom is 0.233 e. The minimum absolute atomic E-state index is 0.0662. The lowest BCUT2D eigenvalue weighted by molar-refractivity contribution is -0.131. The van der Waals surface area contributed by atoms with Gasteiger partial charge in [-0.15, -0.1) is 16.8 Å². The van der Waals surface area contributed by atoms with Crippen molar-refractivity contribution in [3.8, 4) is 11.4 Å². The van der Waals surface area contributed by atoms with E-state index >= 15 is 0 Å². The molecule has 0 unspecified atom stereocenters. The molecular weight excluding hydrogens is 351 g/mol. The second-order valence-electron chi connectivity index (χ2n) is 6.49. The zero-order chi connectivity index (χ0) is 19.3. The van der Waals surface area contributed by atoms with Gasteiger partial charge in [-0.1, -0.05) is 17.8 Å². The van der Waals surface area contributed by atoms with Gasteiger partial charge in [-0.25, -0.2) is 4.39 Å². The molecule has 2 aromatic rings. The molecule has 0 aliphatic rings. The van der Waals surface area contributed by atoms with E-state index in [2.05, 4.69) is 16.8 Å². The lowest BCUT2D eigenvalue weighted by Gasteiger charge is -2.30. The summed E-state index contributed by atoms with van der Waals surface area (Å²) in [7, 11) is 0. The summed E-state index contributed by atoms with van der Waals surface area (Å²) in [6, 6.07) is 6.40. The van der Waals surface area contributed by atoms with Crippen LogP contribution >= 0.6 is 11.8 Å². The Morgan fingerprint density at radius 3 is 2.38 bits per heavy atom. The van der Waals surface area contributed by atoms with Crippen LogP contribution in [0.25, 0.3) is 11.4 Å². The van der Waals surface area contributed by atoms with Crippen LogP contribution in [-0.4, -0.2) is 43.4 Å². The number of allylic oxidation sites excluding steroid dienone is 1. The second-order valence-corrected chi connectivity index (χ2v) is 7.43. The van der Waals surface area contributed by atoms with Gasteiger partial charge in [0.05, 0.1) is 5.75 Å². The number of amides is 1. The number of thioether (sulfide) groups is 1. The van der Waals surface area contributed by atoms with Crippen molar-refractivity contribution in [1.82, 2.24) is 19.7 Å². The number of carbonyl (C=O) groups excluding carboxylic acids is 1. The molecule has 0 saturated heterocycles. The van der Waals surface area contributed by atoms with Crippen LogP contribution in [0.1, 0.15) is 27.7 Å². The predicted molar refractivity (Wildman–Crippen MR) is 103 cm³/mol. The lowest BCUT2D eigenvalue weighted by atomic mass is 10.2. The van der Waals surface area contributed by atoms with E-state index in [0.29, 0.717) is 17.5 Å². The Morgan fingerprint density at radius 1 is 1.23 bits per heavy atom. The summed E-state index contributed by atoms with van der Waals surface area (Å²) in [6.07, 6.45) is 1.75. The number of hydrogen-bond donors (Lipinski definition) is 0. The first-order chi connectivity index (χ1) is 12.3. The third-order valence-corrected chi connectivity index (χ3v) is 4.81. The molecule has 1 amide bonds. The Labute approximate surface area is 158 Å². The van der Waals surface area contributed by atoms with Gasteiger partial charge in [-0.2, -0.15) is 0 Å². The number of aromatic nitrogens is 3. The zero-order valence-electron chi connectivity index (χ0n) is 15.6. The molecule has 0 aliphatic heterocycles. The Kier molecular flexibility index (Phi) is 6.97. The van der Waals surface area contributed by atoms with Crippen LogP contribution in [0.5, 0.6) is 0 Å². The van der Waals surface area contributed by atoms with Crippen LogP contribution < -0.4 is 0 Å². The van der Waals surface area contributed by atoms with Crippen LogP contribution in [0.2, 0.25) is 0 Å². The quantitative estimate of drug-likeness (QED) is 0.516. The molecule has 0 radical (unpaired) electrons. The molecule has 5 nitrogen and oxygen atoms in total. The van der Waals surface area contributed by atoms with Crippen molar-refractivity contribution in [1.29, 1.82) is 0 Å². The lowest BCUT2D eigenvalue weighted by Crippen LogP contribution is -2.43. The van der Waals surface area contributed by atoms with E-state index < -0.39 is 0 Å². The first-order valence-corrected chi connectivity index (χ1v) is 9.57. The molecule has 1 heterocycles. The smallest absolute Gasteiger partial charge is 0.233 e. The van der Waals surface area contributed by atoms with Crippen molar-refractivity contribution in [2.75, 3.05) is 5.75 Å². The summed E-state index contributed by atoms with van der Waals surface area (Å²) >= 11 is 1.35. The first-order valence-electron chi connectivity index (χ1n) is 8.59. The summed E-state index contributed by atoms with van der Waals surface area (Å²) < 4.78 is 15.0. The van der Waals surface area contributed by atoms with Gasteiger partial charge in [-0.3, -0.25) is 9.36 Å². The highest BCUT2D eigenvalue weighted by Gasteiger charge is 2.21. The number of halogens is 1. The van der Waals surface area contributed by atoms with Gasteiger partial charge in [-0.05, 0) is 52.0 Å². The molecular formula is C19H25FN4OS. The monoisotopic (exact) mass is 376 g/mol. The van der Waals surface area contributed by atoms with E-state index in [9.17, 15) is 9.18 Å². The SMILES string of the molecule is C=CCn1c(SCC(=O)N(C(C)C)C(C)C)nnc1-c1ccc(F)cc1. The highest BCUT2D eigenvalue weighted by Crippen LogP contribution is 2.25. The van der Waals surface area contributed by atoms with Crippen molar-refractivity contribution in [2.45, 2.75) is 51.5 Å². The van der Waals surface area contributed by atoms with Crippen LogP contribution in [0.15, 0.2) is 42.1 Å². The molecule has 1 aromatic heterocycles. The molecule has 0 saturated carbocycles. The summed E-state index contributed by atoms with van der Waals surface area (Å²) in [4.78, 5) is 14.4. The van der Waals surface area contributed by atoms with Gasteiger partial charge < -0.3 is 4.90 Å². The van der Waals surface area contributed by atoms with E-state index in [1.54, 1.807) is 18.2 Å². The third-order valence-electron chi connectivity index (χ3n) is 3.86. The van der Waals surface area contributed by atoms with Gasteiger partial charge >= 0.3 is 0 Å². The molecule has 140 valence electrons.